The molecule has 0 saturated heterocycles. The van der Waals surface area contributed by atoms with Crippen LogP contribution in [-0.2, 0) is 0 Å². The fourth-order valence-electron chi connectivity index (χ4n) is 0.959. The van der Waals surface area contributed by atoms with E-state index in [0.29, 0.717) is 5.56 Å². The second-order valence-electron chi connectivity index (χ2n) is 2.64. The topological polar surface area (TPSA) is 49.8 Å². The van der Waals surface area contributed by atoms with E-state index in [2.05, 4.69) is 0 Å². The third kappa shape index (κ3) is 2.41. The Bertz CT molecular complexity index is 346. The van der Waals surface area contributed by atoms with Crippen molar-refractivity contribution in [2.24, 2.45) is 5.73 Å². The largest absolute Gasteiger partial charge is 0.323 e. The number of halogens is 2. The zero-order valence-electron chi connectivity index (χ0n) is 6.80. The van der Waals surface area contributed by atoms with E-state index >= 15 is 0 Å². The number of nitrogens with two attached hydrogens (primary N) is 1. The van der Waals surface area contributed by atoms with Crippen molar-refractivity contribution in [3.63, 3.8) is 0 Å². The van der Waals surface area contributed by atoms with Crippen molar-refractivity contribution in [1.29, 1.82) is 5.26 Å². The first-order chi connectivity index (χ1) is 6.15. The van der Waals surface area contributed by atoms with Gasteiger partial charge in [0.2, 0.25) is 0 Å². The summed E-state index contributed by atoms with van der Waals surface area (Å²) in [4.78, 5) is 0. The highest BCUT2D eigenvalue weighted by atomic mass is 35.5. The molecule has 0 saturated carbocycles. The number of hydrogen-bond acceptors (Lipinski definition) is 2. The molecule has 0 heterocycles. The number of rotatable bonds is 2. The van der Waals surface area contributed by atoms with Crippen molar-refractivity contribution in [3.8, 4) is 6.07 Å². The zero-order chi connectivity index (χ0) is 9.84. The monoisotopic (exact) mass is 198 g/mol. The van der Waals surface area contributed by atoms with Gasteiger partial charge in [0.15, 0.2) is 0 Å². The molecule has 1 aromatic carbocycles. The van der Waals surface area contributed by atoms with E-state index in [4.69, 9.17) is 22.6 Å². The van der Waals surface area contributed by atoms with Crippen LogP contribution in [0.15, 0.2) is 18.2 Å². The first-order valence-corrected chi connectivity index (χ1v) is 4.10. The summed E-state index contributed by atoms with van der Waals surface area (Å²) in [6.45, 7) is 0. The van der Waals surface area contributed by atoms with E-state index in [1.54, 1.807) is 6.07 Å². The molecule has 1 atom stereocenters. The van der Waals surface area contributed by atoms with E-state index in [9.17, 15) is 4.39 Å². The Morgan fingerprint density at radius 1 is 1.62 bits per heavy atom. The maximum atomic E-state index is 12.9. The summed E-state index contributed by atoms with van der Waals surface area (Å²) in [5.74, 6) is -0.507. The lowest BCUT2D eigenvalue weighted by atomic mass is 10.1. The highest BCUT2D eigenvalue weighted by Crippen LogP contribution is 2.20. The van der Waals surface area contributed by atoms with Crippen LogP contribution in [-0.4, -0.2) is 0 Å². The van der Waals surface area contributed by atoms with E-state index in [0.717, 1.165) is 0 Å². The normalized spacial score (nSPS) is 12.2. The van der Waals surface area contributed by atoms with Crippen molar-refractivity contribution >= 4 is 11.6 Å². The Kier molecular flexibility index (Phi) is 3.24. The fraction of sp³-hybridized carbons (Fsp3) is 0.222. The van der Waals surface area contributed by atoms with Gasteiger partial charge in [-0.2, -0.15) is 5.26 Å². The van der Waals surface area contributed by atoms with Crippen LogP contribution in [0.3, 0.4) is 0 Å². The molecule has 0 aliphatic heterocycles. The molecule has 0 aromatic heterocycles. The van der Waals surface area contributed by atoms with Gasteiger partial charge in [-0.15, -0.1) is 0 Å². The van der Waals surface area contributed by atoms with Crippen molar-refractivity contribution in [1.82, 2.24) is 0 Å². The molecule has 13 heavy (non-hydrogen) atoms. The summed E-state index contributed by atoms with van der Waals surface area (Å²) < 4.78 is 12.9. The Balaban J connectivity index is 2.91. The smallest absolute Gasteiger partial charge is 0.142 e. The number of hydrogen-bond donors (Lipinski definition) is 1. The van der Waals surface area contributed by atoms with Gasteiger partial charge in [0.1, 0.15) is 5.82 Å². The molecule has 2 nitrogen and oxygen atoms in total. The predicted octanol–water partition coefficient (Wildman–Crippen LogP) is 2.39. The molecule has 68 valence electrons. The minimum absolute atomic E-state index is 0.0629. The summed E-state index contributed by atoms with van der Waals surface area (Å²) in [6, 6.07) is 5.78. The van der Waals surface area contributed by atoms with Crippen LogP contribution in [0.1, 0.15) is 18.0 Å². The molecule has 1 rings (SSSR count). The molecule has 2 N–H and O–H groups in total. The first-order valence-electron chi connectivity index (χ1n) is 3.72. The predicted molar refractivity (Wildman–Crippen MR) is 48.6 cm³/mol. The van der Waals surface area contributed by atoms with Crippen LogP contribution >= 0.6 is 11.6 Å². The highest BCUT2D eigenvalue weighted by Gasteiger charge is 2.07. The second kappa shape index (κ2) is 4.22. The summed E-state index contributed by atoms with van der Waals surface area (Å²) >= 11 is 5.48. The van der Waals surface area contributed by atoms with Crippen molar-refractivity contribution in [2.45, 2.75) is 12.5 Å². The molecule has 1 aromatic rings. The zero-order valence-corrected chi connectivity index (χ0v) is 7.55. The Morgan fingerprint density at radius 3 is 2.85 bits per heavy atom. The molecule has 0 bridgehead atoms. The van der Waals surface area contributed by atoms with Gasteiger partial charge in [0.05, 0.1) is 17.5 Å². The molecule has 0 unspecified atom stereocenters. The number of nitriles is 1. The van der Waals surface area contributed by atoms with Gasteiger partial charge in [0.25, 0.3) is 0 Å². The van der Waals surface area contributed by atoms with Crippen LogP contribution in [0, 0.1) is 17.1 Å². The van der Waals surface area contributed by atoms with Gasteiger partial charge in [-0.3, -0.25) is 0 Å². The number of nitrogens with zero attached hydrogens (tertiary/aromatic N) is 1. The molecular formula is C9H8ClFN2. The molecule has 0 amide bonds. The third-order valence-electron chi connectivity index (χ3n) is 1.68. The first kappa shape index (κ1) is 9.97. The average Bonchev–Trinajstić information content (AvgIpc) is 2.10. The van der Waals surface area contributed by atoms with Gasteiger partial charge in [-0.1, -0.05) is 17.7 Å². The van der Waals surface area contributed by atoms with Crippen LogP contribution < -0.4 is 5.73 Å². The number of benzene rings is 1. The minimum Gasteiger partial charge on any atom is -0.323 e. The lowest BCUT2D eigenvalue weighted by Crippen LogP contribution is -2.09. The lowest BCUT2D eigenvalue weighted by Gasteiger charge is -2.07. The van der Waals surface area contributed by atoms with Crippen molar-refractivity contribution in [3.05, 3.63) is 34.6 Å². The SMILES string of the molecule is N#CC[C@@H](N)c1ccc(Cl)c(F)c1. The molecule has 4 heteroatoms. The molecule has 0 spiro atoms. The van der Waals surface area contributed by atoms with Crippen molar-refractivity contribution < 1.29 is 4.39 Å². The molecule has 0 fully saturated rings. The standard InChI is InChI=1S/C9H8ClFN2/c10-7-2-1-6(5-8(7)11)9(13)3-4-12/h1-2,5,9H,3,13H2/t9-/m1/s1. The van der Waals surface area contributed by atoms with Gasteiger partial charge in [-0.25, -0.2) is 4.39 Å². The molecule has 0 aliphatic carbocycles. The summed E-state index contributed by atoms with van der Waals surface area (Å²) in [6.07, 6.45) is 0.168. The second-order valence-corrected chi connectivity index (χ2v) is 3.05. The summed E-state index contributed by atoms with van der Waals surface area (Å²) in [5.41, 5.74) is 6.18. The van der Waals surface area contributed by atoms with Crippen molar-refractivity contribution in [2.75, 3.05) is 0 Å². The van der Waals surface area contributed by atoms with Gasteiger partial charge in [0, 0.05) is 6.04 Å². The van der Waals surface area contributed by atoms with E-state index in [1.807, 2.05) is 6.07 Å². The Labute approximate surface area is 80.7 Å². The highest BCUT2D eigenvalue weighted by molar-refractivity contribution is 6.30. The summed E-state index contributed by atoms with van der Waals surface area (Å²) in [7, 11) is 0. The van der Waals surface area contributed by atoms with E-state index in [-0.39, 0.29) is 11.4 Å². The average molecular weight is 199 g/mol. The van der Waals surface area contributed by atoms with Crippen LogP contribution in [0.4, 0.5) is 4.39 Å². The van der Waals surface area contributed by atoms with Gasteiger partial charge in [-0.05, 0) is 17.7 Å². The Morgan fingerprint density at radius 2 is 2.31 bits per heavy atom. The quantitative estimate of drug-likeness (QED) is 0.793. The minimum atomic E-state index is -0.507. The third-order valence-corrected chi connectivity index (χ3v) is 1.99. The molecule has 0 aliphatic rings. The molecular weight excluding hydrogens is 191 g/mol. The maximum absolute atomic E-state index is 12.9. The van der Waals surface area contributed by atoms with E-state index < -0.39 is 11.9 Å². The maximum Gasteiger partial charge on any atom is 0.142 e. The van der Waals surface area contributed by atoms with Gasteiger partial charge >= 0.3 is 0 Å². The molecule has 0 radical (unpaired) electrons. The Hall–Kier alpha value is -1.11. The van der Waals surface area contributed by atoms with Crippen LogP contribution in [0.2, 0.25) is 5.02 Å². The lowest BCUT2D eigenvalue weighted by molar-refractivity contribution is 0.620. The fourth-order valence-corrected chi connectivity index (χ4v) is 1.08. The van der Waals surface area contributed by atoms with E-state index in [1.165, 1.54) is 12.1 Å². The summed E-state index contributed by atoms with van der Waals surface area (Å²) in [5, 5.41) is 8.43. The van der Waals surface area contributed by atoms with Gasteiger partial charge < -0.3 is 5.73 Å². The van der Waals surface area contributed by atoms with Crippen LogP contribution in [0.5, 0.6) is 0 Å². The van der Waals surface area contributed by atoms with Crippen LogP contribution in [0.25, 0.3) is 0 Å².